The average Bonchev–Trinajstić information content (AvgIpc) is 3.56. The molecule has 2 N–H and O–H groups in total. The fourth-order valence-corrected chi connectivity index (χ4v) is 5.01. The third-order valence-corrected chi connectivity index (χ3v) is 7.07. The molecule has 0 aliphatic carbocycles. The number of imidazole rings is 1. The molecule has 1 aliphatic rings. The Morgan fingerprint density at radius 2 is 1.82 bits per heavy atom. The lowest BCUT2D eigenvalue weighted by Crippen LogP contribution is -2.31. The van der Waals surface area contributed by atoms with Crippen molar-refractivity contribution in [2.75, 3.05) is 13.7 Å². The van der Waals surface area contributed by atoms with Gasteiger partial charge in [0.1, 0.15) is 11.5 Å². The van der Waals surface area contributed by atoms with Crippen LogP contribution in [0.25, 0.3) is 5.76 Å². The Morgan fingerprint density at radius 3 is 2.39 bits per heavy atom. The molecule has 3 heterocycles. The minimum absolute atomic E-state index is 0.00255. The first-order chi connectivity index (χ1) is 18.0. The van der Waals surface area contributed by atoms with Gasteiger partial charge in [-0.2, -0.15) is 0 Å². The number of carbonyl (C=O) groups excluding carboxylic acids is 3. The number of aromatic nitrogens is 3. The van der Waals surface area contributed by atoms with Gasteiger partial charge in [-0.3, -0.25) is 9.59 Å². The maximum Gasteiger partial charge on any atom is 0.354 e. The van der Waals surface area contributed by atoms with Crippen molar-refractivity contribution in [1.29, 1.82) is 0 Å². The van der Waals surface area contributed by atoms with Gasteiger partial charge in [0.25, 0.3) is 11.7 Å². The van der Waals surface area contributed by atoms with Gasteiger partial charge in [0.05, 0.1) is 25.1 Å². The zero-order valence-corrected chi connectivity index (χ0v) is 22.7. The largest absolute Gasteiger partial charge is 0.507 e. The van der Waals surface area contributed by atoms with Gasteiger partial charge in [-0.1, -0.05) is 45.0 Å². The highest BCUT2D eigenvalue weighted by Gasteiger charge is 2.46. The molecule has 1 aromatic carbocycles. The number of amides is 1. The van der Waals surface area contributed by atoms with Gasteiger partial charge in [-0.05, 0) is 42.4 Å². The van der Waals surface area contributed by atoms with Crippen LogP contribution in [0.2, 0.25) is 0 Å². The zero-order chi connectivity index (χ0) is 27.8. The number of benzene rings is 1. The van der Waals surface area contributed by atoms with Gasteiger partial charge in [0, 0.05) is 36.7 Å². The number of aliphatic hydroxyl groups excluding tert-OH is 1. The summed E-state index contributed by atoms with van der Waals surface area (Å²) in [6.45, 7) is 10.6. The fraction of sp³-hybridized carbons (Fsp3) is 0.379. The summed E-state index contributed by atoms with van der Waals surface area (Å²) in [7, 11) is 1.27. The van der Waals surface area contributed by atoms with Crippen molar-refractivity contribution >= 4 is 23.4 Å². The number of Topliss-reactive ketones (excluding diaryl/α,β-unsaturated/α-hetero) is 1. The van der Waals surface area contributed by atoms with E-state index >= 15 is 0 Å². The van der Waals surface area contributed by atoms with Crippen molar-refractivity contribution in [2.24, 2.45) is 0 Å². The van der Waals surface area contributed by atoms with Gasteiger partial charge in [0.15, 0.2) is 0 Å². The lowest BCUT2D eigenvalue weighted by atomic mass is 9.85. The molecule has 200 valence electrons. The van der Waals surface area contributed by atoms with Crippen LogP contribution in [0.15, 0.2) is 48.6 Å². The molecule has 1 amide bonds. The molecule has 3 aromatic rings. The normalized spacial score (nSPS) is 17.3. The van der Waals surface area contributed by atoms with E-state index < -0.39 is 23.7 Å². The molecule has 1 fully saturated rings. The molecule has 38 heavy (non-hydrogen) atoms. The number of aromatic amines is 1. The molecular weight excluding hydrogens is 484 g/mol. The van der Waals surface area contributed by atoms with E-state index in [1.54, 1.807) is 26.4 Å². The zero-order valence-electron chi connectivity index (χ0n) is 22.7. The topological polar surface area (TPSA) is 118 Å². The molecule has 1 aliphatic heterocycles. The Morgan fingerprint density at radius 1 is 1.13 bits per heavy atom. The molecule has 9 nitrogen and oxygen atoms in total. The predicted molar refractivity (Wildman–Crippen MR) is 143 cm³/mol. The van der Waals surface area contributed by atoms with E-state index in [-0.39, 0.29) is 22.4 Å². The van der Waals surface area contributed by atoms with Crippen LogP contribution < -0.4 is 0 Å². The minimum atomic E-state index is -0.776. The Hall–Kier alpha value is -4.14. The number of likely N-dealkylation sites (tertiary alicyclic amines) is 1. The second kappa shape index (κ2) is 10.3. The molecule has 1 unspecified atom stereocenters. The van der Waals surface area contributed by atoms with Crippen molar-refractivity contribution in [3.05, 3.63) is 82.2 Å². The number of nitrogens with zero attached hydrogens (tertiary/aromatic N) is 3. The van der Waals surface area contributed by atoms with Gasteiger partial charge >= 0.3 is 5.97 Å². The molecular formula is C29H34N4O5. The Labute approximate surface area is 222 Å². The van der Waals surface area contributed by atoms with Crippen LogP contribution in [-0.2, 0) is 26.3 Å². The van der Waals surface area contributed by atoms with Crippen LogP contribution in [-0.4, -0.2) is 55.9 Å². The van der Waals surface area contributed by atoms with E-state index in [4.69, 9.17) is 4.74 Å². The molecule has 0 radical (unpaired) electrons. The summed E-state index contributed by atoms with van der Waals surface area (Å²) >= 11 is 0. The molecule has 1 saturated heterocycles. The first-order valence-electron chi connectivity index (χ1n) is 12.6. The molecule has 9 heteroatoms. The highest BCUT2D eigenvalue weighted by Crippen LogP contribution is 2.41. The van der Waals surface area contributed by atoms with Crippen LogP contribution in [0.4, 0.5) is 0 Å². The Kier molecular flexibility index (Phi) is 7.31. The maximum absolute atomic E-state index is 13.4. The second-order valence-corrected chi connectivity index (χ2v) is 10.6. The monoisotopic (exact) mass is 518 g/mol. The third kappa shape index (κ3) is 4.88. The van der Waals surface area contributed by atoms with E-state index in [0.717, 1.165) is 11.1 Å². The lowest BCUT2D eigenvalue weighted by molar-refractivity contribution is -0.139. The number of hydrogen-bond acceptors (Lipinski definition) is 6. The number of hydrogen-bond donors (Lipinski definition) is 2. The second-order valence-electron chi connectivity index (χ2n) is 10.6. The van der Waals surface area contributed by atoms with Crippen LogP contribution in [0, 0.1) is 13.8 Å². The highest BCUT2D eigenvalue weighted by molar-refractivity contribution is 6.46. The van der Waals surface area contributed by atoms with Gasteiger partial charge in [-0.25, -0.2) is 9.78 Å². The number of methoxy groups -OCH3 is 1. The molecule has 0 saturated carbocycles. The molecule has 0 bridgehead atoms. The maximum atomic E-state index is 13.4. The molecule has 4 rings (SSSR count). The molecule has 0 spiro atoms. The summed E-state index contributed by atoms with van der Waals surface area (Å²) in [6.07, 6.45) is 5.82. The number of carbonyl (C=O) groups is 3. The predicted octanol–water partition coefficient (Wildman–Crippen LogP) is 4.42. The summed E-state index contributed by atoms with van der Waals surface area (Å²) in [4.78, 5) is 47.5. The van der Waals surface area contributed by atoms with Crippen molar-refractivity contribution in [2.45, 2.75) is 59.0 Å². The standard InChI is InChI=1S/C29H34N4O5/c1-17-21(18(2)31-23(17)28(37)38-6)25(34)22-24(19-8-10-20(11-9-19)29(3,4)5)33(27(36)26(22)35)14-7-13-32-15-12-30-16-32/h8-12,15-16,24,31,34H,7,13-14H2,1-6H3. The van der Waals surface area contributed by atoms with Gasteiger partial charge < -0.3 is 24.3 Å². The smallest absolute Gasteiger partial charge is 0.354 e. The van der Waals surface area contributed by atoms with Gasteiger partial charge in [0.2, 0.25) is 0 Å². The summed E-state index contributed by atoms with van der Waals surface area (Å²) in [6, 6.07) is 7.02. The van der Waals surface area contributed by atoms with Gasteiger partial charge in [-0.15, -0.1) is 0 Å². The Balaban J connectivity index is 1.81. The lowest BCUT2D eigenvalue weighted by Gasteiger charge is -2.26. The number of H-pyrrole nitrogens is 1. The van der Waals surface area contributed by atoms with Crippen molar-refractivity contribution in [3.8, 4) is 0 Å². The number of rotatable bonds is 7. The summed E-state index contributed by atoms with van der Waals surface area (Å²) in [5.74, 6) is -2.32. The van der Waals surface area contributed by atoms with Crippen molar-refractivity contribution < 1.29 is 24.2 Å². The average molecular weight is 519 g/mol. The molecule has 1 atom stereocenters. The highest BCUT2D eigenvalue weighted by atomic mass is 16.5. The number of aliphatic hydroxyl groups is 1. The SMILES string of the molecule is COC(=O)c1[nH]c(C)c(C(O)=C2C(=O)C(=O)N(CCCn3ccnc3)C2c2ccc(C(C)(C)C)cc2)c1C. The van der Waals surface area contributed by atoms with E-state index in [0.29, 0.717) is 36.3 Å². The van der Waals surface area contributed by atoms with E-state index in [1.165, 1.54) is 12.0 Å². The quantitative estimate of drug-likeness (QED) is 0.207. The number of aryl methyl sites for hydroxylation is 2. The molecule has 2 aromatic heterocycles. The van der Waals surface area contributed by atoms with Crippen LogP contribution >= 0.6 is 0 Å². The number of esters is 1. The Bertz CT molecular complexity index is 1390. The van der Waals surface area contributed by atoms with Crippen LogP contribution in [0.1, 0.15) is 71.7 Å². The van der Waals surface area contributed by atoms with E-state index in [2.05, 4.69) is 30.7 Å². The third-order valence-electron chi connectivity index (χ3n) is 7.07. The summed E-state index contributed by atoms with van der Waals surface area (Å²) in [5, 5.41) is 11.5. The number of ketones is 1. The van der Waals surface area contributed by atoms with Crippen LogP contribution in [0.5, 0.6) is 0 Å². The number of ether oxygens (including phenoxy) is 1. The van der Waals surface area contributed by atoms with Crippen molar-refractivity contribution in [1.82, 2.24) is 19.4 Å². The first-order valence-corrected chi connectivity index (χ1v) is 12.6. The van der Waals surface area contributed by atoms with E-state index in [1.807, 2.05) is 35.0 Å². The van der Waals surface area contributed by atoms with E-state index in [9.17, 15) is 19.5 Å². The summed E-state index contributed by atoms with van der Waals surface area (Å²) in [5.41, 5.74) is 3.20. The summed E-state index contributed by atoms with van der Waals surface area (Å²) < 4.78 is 6.75. The van der Waals surface area contributed by atoms with Crippen molar-refractivity contribution in [3.63, 3.8) is 0 Å². The first kappa shape index (κ1) is 26.9. The number of nitrogens with one attached hydrogen (secondary N) is 1. The minimum Gasteiger partial charge on any atom is -0.507 e. The fourth-order valence-electron chi connectivity index (χ4n) is 5.01. The van der Waals surface area contributed by atoms with Crippen LogP contribution in [0.3, 0.4) is 0 Å².